The van der Waals surface area contributed by atoms with Crippen LogP contribution in [0.1, 0.15) is 12.1 Å². The Morgan fingerprint density at radius 3 is 2.77 bits per heavy atom. The molecule has 0 radical (unpaired) electrons. The molecule has 68 valence electrons. The first-order valence-electron chi connectivity index (χ1n) is 3.45. The molecule has 0 aliphatic heterocycles. The molecule has 6 heteroatoms. The second-order valence-corrected chi connectivity index (χ2v) is 3.23. The van der Waals surface area contributed by atoms with Gasteiger partial charge >= 0.3 is 0 Å². The number of hydrogen-bond donors (Lipinski definition) is 0. The van der Waals surface area contributed by atoms with Gasteiger partial charge in [0.25, 0.3) is 6.43 Å². The van der Waals surface area contributed by atoms with Gasteiger partial charge in [-0.1, -0.05) is 0 Å². The molecule has 2 heterocycles. The lowest BCUT2D eigenvalue weighted by Crippen LogP contribution is -1.93. The van der Waals surface area contributed by atoms with Gasteiger partial charge < -0.3 is 0 Å². The van der Waals surface area contributed by atoms with Gasteiger partial charge in [0, 0.05) is 6.20 Å². The molecule has 0 fully saturated rings. The molecule has 3 nitrogen and oxygen atoms in total. The van der Waals surface area contributed by atoms with Crippen molar-refractivity contribution < 1.29 is 8.78 Å². The second kappa shape index (κ2) is 3.02. The molecule has 0 spiro atoms. The summed E-state index contributed by atoms with van der Waals surface area (Å²) < 4.78 is 26.5. The van der Waals surface area contributed by atoms with E-state index in [-0.39, 0.29) is 5.69 Å². The number of alkyl halides is 2. The standard InChI is InChI=1S/C7H4BrF2N3/c8-5-3-13-4(7(9)10)1-12-6(13)2-11-5/h1-3,7H. The molecule has 0 saturated heterocycles. The zero-order valence-corrected chi connectivity index (χ0v) is 7.87. The predicted molar refractivity (Wildman–Crippen MR) is 45.6 cm³/mol. The molecule has 0 aromatic carbocycles. The highest BCUT2D eigenvalue weighted by Gasteiger charge is 2.13. The minimum Gasteiger partial charge on any atom is -0.295 e. The van der Waals surface area contributed by atoms with Gasteiger partial charge in [-0.05, 0) is 15.9 Å². The second-order valence-electron chi connectivity index (χ2n) is 2.42. The van der Waals surface area contributed by atoms with Crippen molar-refractivity contribution in [2.75, 3.05) is 0 Å². The summed E-state index contributed by atoms with van der Waals surface area (Å²) in [6, 6.07) is 0. The summed E-state index contributed by atoms with van der Waals surface area (Å²) in [5, 5.41) is 0. The molecule has 0 bridgehead atoms. The fourth-order valence-corrected chi connectivity index (χ4v) is 1.35. The monoisotopic (exact) mass is 247 g/mol. The summed E-state index contributed by atoms with van der Waals surface area (Å²) in [6.45, 7) is 0. The maximum Gasteiger partial charge on any atom is 0.280 e. The minimum atomic E-state index is -2.52. The van der Waals surface area contributed by atoms with Gasteiger partial charge in [-0.3, -0.25) is 4.40 Å². The van der Waals surface area contributed by atoms with Crippen molar-refractivity contribution in [2.24, 2.45) is 0 Å². The summed E-state index contributed by atoms with van der Waals surface area (Å²) in [7, 11) is 0. The first-order chi connectivity index (χ1) is 6.18. The van der Waals surface area contributed by atoms with Crippen LogP contribution in [-0.2, 0) is 0 Å². The van der Waals surface area contributed by atoms with E-state index in [1.165, 1.54) is 16.8 Å². The van der Waals surface area contributed by atoms with Crippen LogP contribution in [0.4, 0.5) is 8.78 Å². The van der Waals surface area contributed by atoms with E-state index in [1.54, 1.807) is 0 Å². The van der Waals surface area contributed by atoms with Gasteiger partial charge in [-0.25, -0.2) is 18.7 Å². The average Bonchev–Trinajstić information content (AvgIpc) is 2.46. The van der Waals surface area contributed by atoms with Crippen LogP contribution in [0.5, 0.6) is 0 Å². The summed E-state index contributed by atoms with van der Waals surface area (Å²) in [4.78, 5) is 7.65. The van der Waals surface area contributed by atoms with Crippen LogP contribution >= 0.6 is 15.9 Å². The van der Waals surface area contributed by atoms with Gasteiger partial charge in [0.1, 0.15) is 10.3 Å². The maximum absolute atomic E-state index is 12.4. The van der Waals surface area contributed by atoms with Gasteiger partial charge in [0.2, 0.25) is 0 Å². The normalized spacial score (nSPS) is 11.4. The predicted octanol–water partition coefficient (Wildman–Crippen LogP) is 2.43. The maximum atomic E-state index is 12.4. The third kappa shape index (κ3) is 1.41. The SMILES string of the molecule is FC(F)c1cnc2cnc(Br)cn12. The molecule has 0 N–H and O–H groups in total. The molecule has 0 atom stereocenters. The molecule has 0 saturated carbocycles. The molecule has 0 aliphatic carbocycles. The first kappa shape index (κ1) is 8.55. The van der Waals surface area contributed by atoms with Crippen LogP contribution < -0.4 is 0 Å². The van der Waals surface area contributed by atoms with Crippen LogP contribution in [0.3, 0.4) is 0 Å². The smallest absolute Gasteiger partial charge is 0.280 e. The Labute approximate surface area is 80.6 Å². The molecule has 2 aromatic rings. The quantitative estimate of drug-likeness (QED) is 0.775. The zero-order valence-electron chi connectivity index (χ0n) is 6.28. The topological polar surface area (TPSA) is 30.2 Å². The zero-order chi connectivity index (χ0) is 9.42. The van der Waals surface area contributed by atoms with E-state index >= 15 is 0 Å². The number of halogens is 3. The largest absolute Gasteiger partial charge is 0.295 e. The van der Waals surface area contributed by atoms with E-state index in [9.17, 15) is 8.78 Å². The van der Waals surface area contributed by atoms with E-state index in [1.807, 2.05) is 0 Å². The van der Waals surface area contributed by atoms with E-state index in [2.05, 4.69) is 25.9 Å². The van der Waals surface area contributed by atoms with E-state index < -0.39 is 6.43 Å². The van der Waals surface area contributed by atoms with E-state index in [0.29, 0.717) is 10.3 Å². The van der Waals surface area contributed by atoms with E-state index in [0.717, 1.165) is 6.20 Å². The lowest BCUT2D eigenvalue weighted by atomic mass is 10.5. The number of fused-ring (bicyclic) bond motifs is 1. The lowest BCUT2D eigenvalue weighted by molar-refractivity contribution is 0.145. The Morgan fingerprint density at radius 1 is 1.31 bits per heavy atom. The number of rotatable bonds is 1. The Balaban J connectivity index is 2.71. The Bertz CT molecular complexity index is 440. The van der Waals surface area contributed by atoms with Gasteiger partial charge in [0.05, 0.1) is 12.4 Å². The molecule has 0 aliphatic rings. The lowest BCUT2D eigenvalue weighted by Gasteiger charge is -1.99. The van der Waals surface area contributed by atoms with E-state index in [4.69, 9.17) is 0 Å². The Morgan fingerprint density at radius 2 is 2.08 bits per heavy atom. The van der Waals surface area contributed by atoms with Gasteiger partial charge in [0.15, 0.2) is 5.65 Å². The molecule has 2 rings (SSSR count). The number of imidazole rings is 1. The molecule has 0 unspecified atom stereocenters. The van der Waals surface area contributed by atoms with Crippen molar-refractivity contribution in [2.45, 2.75) is 6.43 Å². The molecule has 2 aromatic heterocycles. The fraction of sp³-hybridized carbons (Fsp3) is 0.143. The highest BCUT2D eigenvalue weighted by molar-refractivity contribution is 9.10. The molecule has 0 amide bonds. The molecular weight excluding hydrogens is 244 g/mol. The summed E-state index contributed by atoms with van der Waals surface area (Å²) in [6.07, 6.45) is 1.51. The van der Waals surface area contributed by atoms with Crippen molar-refractivity contribution >= 4 is 21.6 Å². The van der Waals surface area contributed by atoms with Crippen LogP contribution in [0.2, 0.25) is 0 Å². The van der Waals surface area contributed by atoms with Crippen LogP contribution in [0.15, 0.2) is 23.2 Å². The Hall–Kier alpha value is -1.04. The minimum absolute atomic E-state index is 0.127. The average molecular weight is 248 g/mol. The number of nitrogens with zero attached hydrogens (tertiary/aromatic N) is 3. The highest BCUT2D eigenvalue weighted by atomic mass is 79.9. The Kier molecular flexibility index (Phi) is 1.99. The first-order valence-corrected chi connectivity index (χ1v) is 4.24. The summed E-state index contributed by atoms with van der Waals surface area (Å²) in [5.74, 6) is 0. The van der Waals surface area contributed by atoms with Crippen molar-refractivity contribution in [1.82, 2.24) is 14.4 Å². The molecule has 13 heavy (non-hydrogen) atoms. The van der Waals surface area contributed by atoms with Gasteiger partial charge in [-0.2, -0.15) is 0 Å². The highest BCUT2D eigenvalue weighted by Crippen LogP contribution is 2.20. The van der Waals surface area contributed by atoms with Crippen molar-refractivity contribution in [1.29, 1.82) is 0 Å². The van der Waals surface area contributed by atoms with Crippen LogP contribution in [0.25, 0.3) is 5.65 Å². The summed E-state index contributed by atoms with van der Waals surface area (Å²) >= 11 is 3.10. The number of hydrogen-bond acceptors (Lipinski definition) is 2. The van der Waals surface area contributed by atoms with Gasteiger partial charge in [-0.15, -0.1) is 0 Å². The third-order valence-electron chi connectivity index (χ3n) is 1.62. The van der Waals surface area contributed by atoms with Crippen molar-refractivity contribution in [3.05, 3.63) is 28.9 Å². The third-order valence-corrected chi connectivity index (χ3v) is 2.03. The van der Waals surface area contributed by atoms with Crippen molar-refractivity contribution in [3.8, 4) is 0 Å². The summed E-state index contributed by atoms with van der Waals surface area (Å²) in [5.41, 5.74) is 0.289. The fourth-order valence-electron chi connectivity index (χ4n) is 1.05. The number of aromatic nitrogens is 3. The van der Waals surface area contributed by atoms with Crippen LogP contribution in [-0.4, -0.2) is 14.4 Å². The molecular formula is C7H4BrF2N3. The van der Waals surface area contributed by atoms with Crippen molar-refractivity contribution in [3.63, 3.8) is 0 Å². The van der Waals surface area contributed by atoms with Crippen LogP contribution in [0, 0.1) is 0 Å².